The van der Waals surface area contributed by atoms with Crippen molar-refractivity contribution in [2.75, 3.05) is 6.61 Å². The van der Waals surface area contributed by atoms with Gasteiger partial charge in [0.05, 0.1) is 12.2 Å². The normalized spacial score (nSPS) is 12.9. The molecule has 0 saturated carbocycles. The van der Waals surface area contributed by atoms with Crippen molar-refractivity contribution in [2.45, 2.75) is 19.5 Å². The summed E-state index contributed by atoms with van der Waals surface area (Å²) < 4.78 is 50.2. The van der Waals surface area contributed by atoms with Crippen molar-refractivity contribution in [3.8, 4) is 0 Å². The fraction of sp³-hybridized carbons (Fsp3) is 0.333. The van der Waals surface area contributed by atoms with E-state index < -0.39 is 17.6 Å². The van der Waals surface area contributed by atoms with Crippen molar-refractivity contribution in [3.63, 3.8) is 0 Å². The average Bonchev–Trinajstić information content (AvgIpc) is 2.26. The Morgan fingerprint density at radius 2 is 2.00 bits per heavy atom. The summed E-state index contributed by atoms with van der Waals surface area (Å²) in [6.45, 7) is 1.55. The Hall–Kier alpha value is -1.36. The van der Waals surface area contributed by atoms with Crippen molar-refractivity contribution >= 4 is 6.08 Å². The molecule has 0 bridgehead atoms. The van der Waals surface area contributed by atoms with Crippen LogP contribution in [0.4, 0.5) is 17.6 Å². The van der Waals surface area contributed by atoms with Crippen molar-refractivity contribution in [3.05, 3.63) is 40.7 Å². The molecule has 5 heteroatoms. The van der Waals surface area contributed by atoms with Crippen LogP contribution in [0, 0.1) is 5.82 Å². The molecule has 1 N–H and O–H groups in total. The van der Waals surface area contributed by atoms with Gasteiger partial charge in [0.1, 0.15) is 5.82 Å². The van der Waals surface area contributed by atoms with Crippen LogP contribution < -0.4 is 0 Å². The Morgan fingerprint density at radius 1 is 1.35 bits per heavy atom. The van der Waals surface area contributed by atoms with Crippen molar-refractivity contribution in [2.24, 2.45) is 0 Å². The molecule has 0 spiro atoms. The lowest BCUT2D eigenvalue weighted by Gasteiger charge is -2.09. The fourth-order valence-corrected chi connectivity index (χ4v) is 1.35. The molecule has 0 amide bonds. The third-order valence-electron chi connectivity index (χ3n) is 2.32. The molecule has 1 aromatic rings. The van der Waals surface area contributed by atoms with Gasteiger partial charge < -0.3 is 5.11 Å². The number of hydrogen-bond acceptors (Lipinski definition) is 1. The minimum atomic E-state index is -4.71. The van der Waals surface area contributed by atoms with Crippen LogP contribution in [-0.2, 0) is 6.18 Å². The summed E-state index contributed by atoms with van der Waals surface area (Å²) in [6.07, 6.45) is -2.76. The number of rotatable bonds is 3. The maximum absolute atomic E-state index is 13.0. The first-order valence-electron chi connectivity index (χ1n) is 5.05. The van der Waals surface area contributed by atoms with Gasteiger partial charge in [0, 0.05) is 0 Å². The van der Waals surface area contributed by atoms with Gasteiger partial charge in [-0.15, -0.1) is 0 Å². The quantitative estimate of drug-likeness (QED) is 0.810. The van der Waals surface area contributed by atoms with Crippen molar-refractivity contribution < 1.29 is 22.7 Å². The van der Waals surface area contributed by atoms with Gasteiger partial charge >= 0.3 is 6.18 Å². The van der Waals surface area contributed by atoms with E-state index in [4.69, 9.17) is 5.11 Å². The second kappa shape index (κ2) is 5.31. The van der Waals surface area contributed by atoms with Crippen LogP contribution >= 0.6 is 0 Å². The molecule has 1 nitrogen and oxygen atoms in total. The molecule has 0 atom stereocenters. The number of alkyl halides is 3. The lowest BCUT2D eigenvalue weighted by atomic mass is 10.1. The first kappa shape index (κ1) is 13.7. The molecular weight excluding hydrogens is 236 g/mol. The Morgan fingerprint density at radius 3 is 2.47 bits per heavy atom. The third kappa shape index (κ3) is 3.56. The lowest BCUT2D eigenvalue weighted by Crippen LogP contribution is -2.08. The van der Waals surface area contributed by atoms with Gasteiger partial charge in [-0.2, -0.15) is 13.2 Å². The number of benzene rings is 1. The van der Waals surface area contributed by atoms with Gasteiger partial charge in [-0.05, 0) is 29.7 Å². The zero-order chi connectivity index (χ0) is 13.1. The highest BCUT2D eigenvalue weighted by molar-refractivity contribution is 5.54. The summed E-state index contributed by atoms with van der Waals surface area (Å²) >= 11 is 0. The zero-order valence-electron chi connectivity index (χ0n) is 9.18. The summed E-state index contributed by atoms with van der Waals surface area (Å²) in [5, 5.41) is 8.91. The van der Waals surface area contributed by atoms with E-state index in [0.717, 1.165) is 12.1 Å². The standard InChI is InChI=1S/C12H12F4O/c1-2-8(7-17)5-9-3-4-11(13)10(6-9)12(14,15)16/h3-6,17H,2,7H2,1H3/b8-5-. The van der Waals surface area contributed by atoms with Crippen LogP contribution in [-0.4, -0.2) is 11.7 Å². The Kier molecular flexibility index (Phi) is 4.28. The van der Waals surface area contributed by atoms with Crippen LogP contribution in [0.1, 0.15) is 24.5 Å². The highest BCUT2D eigenvalue weighted by Crippen LogP contribution is 2.32. The molecule has 0 heterocycles. The molecule has 0 aliphatic carbocycles. The summed E-state index contributed by atoms with van der Waals surface area (Å²) in [5.74, 6) is -1.29. The minimum Gasteiger partial charge on any atom is -0.392 e. The molecule has 0 unspecified atom stereocenters. The molecule has 0 aliphatic heterocycles. The Labute approximate surface area is 96.4 Å². The van der Waals surface area contributed by atoms with E-state index in [1.54, 1.807) is 6.92 Å². The summed E-state index contributed by atoms with van der Waals surface area (Å²) in [7, 11) is 0. The van der Waals surface area contributed by atoms with Gasteiger partial charge in [0.25, 0.3) is 0 Å². The van der Waals surface area contributed by atoms with E-state index in [1.807, 2.05) is 0 Å². The molecule has 0 aromatic heterocycles. The predicted octanol–water partition coefficient (Wildman–Crippen LogP) is 3.63. The number of aliphatic hydroxyl groups is 1. The highest BCUT2D eigenvalue weighted by atomic mass is 19.4. The number of hydrogen-bond donors (Lipinski definition) is 1. The molecule has 0 aliphatic rings. The maximum Gasteiger partial charge on any atom is 0.419 e. The number of halogens is 4. The van der Waals surface area contributed by atoms with Gasteiger partial charge in [0.2, 0.25) is 0 Å². The van der Waals surface area contributed by atoms with Crippen LogP contribution in [0.15, 0.2) is 23.8 Å². The predicted molar refractivity (Wildman–Crippen MR) is 56.8 cm³/mol. The molecule has 1 rings (SSSR count). The van der Waals surface area contributed by atoms with Gasteiger partial charge in [-0.1, -0.05) is 19.1 Å². The molecule has 0 fully saturated rings. The Bertz CT molecular complexity index is 415. The largest absolute Gasteiger partial charge is 0.419 e. The first-order chi connectivity index (χ1) is 7.88. The maximum atomic E-state index is 13.0. The van der Waals surface area contributed by atoms with Gasteiger partial charge in [0.15, 0.2) is 0 Å². The van der Waals surface area contributed by atoms with Crippen molar-refractivity contribution in [1.29, 1.82) is 0 Å². The molecule has 17 heavy (non-hydrogen) atoms. The zero-order valence-corrected chi connectivity index (χ0v) is 9.18. The van der Waals surface area contributed by atoms with Gasteiger partial charge in [-0.3, -0.25) is 0 Å². The van der Waals surface area contributed by atoms with Crippen molar-refractivity contribution in [1.82, 2.24) is 0 Å². The molecule has 0 saturated heterocycles. The van der Waals surface area contributed by atoms with E-state index in [9.17, 15) is 17.6 Å². The average molecular weight is 248 g/mol. The fourth-order valence-electron chi connectivity index (χ4n) is 1.35. The molecular formula is C12H12F4O. The third-order valence-corrected chi connectivity index (χ3v) is 2.32. The first-order valence-corrected chi connectivity index (χ1v) is 5.05. The lowest BCUT2D eigenvalue weighted by molar-refractivity contribution is -0.140. The van der Waals surface area contributed by atoms with Crippen LogP contribution in [0.2, 0.25) is 0 Å². The molecule has 94 valence electrons. The van der Waals surface area contributed by atoms with E-state index in [1.165, 1.54) is 12.1 Å². The topological polar surface area (TPSA) is 20.2 Å². The van der Waals surface area contributed by atoms with Gasteiger partial charge in [-0.25, -0.2) is 4.39 Å². The molecule has 0 radical (unpaired) electrons. The van der Waals surface area contributed by atoms with E-state index >= 15 is 0 Å². The summed E-state index contributed by atoms with van der Waals surface area (Å²) in [5.41, 5.74) is -0.478. The minimum absolute atomic E-state index is 0.227. The molecule has 1 aromatic carbocycles. The van der Waals surface area contributed by atoms with E-state index in [-0.39, 0.29) is 12.2 Å². The smallest absolute Gasteiger partial charge is 0.392 e. The van der Waals surface area contributed by atoms with Crippen LogP contribution in [0.5, 0.6) is 0 Å². The van der Waals surface area contributed by atoms with E-state index in [2.05, 4.69) is 0 Å². The second-order valence-corrected chi connectivity index (χ2v) is 3.55. The monoisotopic (exact) mass is 248 g/mol. The summed E-state index contributed by atoms with van der Waals surface area (Å²) in [6, 6.07) is 2.76. The van der Waals surface area contributed by atoms with Crippen LogP contribution in [0.25, 0.3) is 6.08 Å². The second-order valence-electron chi connectivity index (χ2n) is 3.55. The number of aliphatic hydroxyl groups excluding tert-OH is 1. The summed E-state index contributed by atoms with van der Waals surface area (Å²) in [4.78, 5) is 0. The SMILES string of the molecule is CC/C(=C/c1ccc(F)c(C(F)(F)F)c1)CO. The van der Waals surface area contributed by atoms with Crippen LogP contribution in [0.3, 0.4) is 0 Å². The van der Waals surface area contributed by atoms with E-state index in [0.29, 0.717) is 12.0 Å². The Balaban J connectivity index is 3.18. The highest BCUT2D eigenvalue weighted by Gasteiger charge is 2.33.